The molecule has 0 radical (unpaired) electrons. The predicted octanol–water partition coefficient (Wildman–Crippen LogP) is 1.88. The molecule has 0 aliphatic rings. The Bertz CT molecular complexity index is 513. The molecule has 0 spiro atoms. The zero-order valence-electron chi connectivity index (χ0n) is 9.72. The Morgan fingerprint density at radius 3 is 2.76 bits per heavy atom. The van der Waals surface area contributed by atoms with E-state index in [0.29, 0.717) is 11.4 Å². The van der Waals surface area contributed by atoms with Crippen molar-refractivity contribution in [3.05, 3.63) is 17.1 Å². The van der Waals surface area contributed by atoms with Crippen LogP contribution in [0.25, 0.3) is 11.4 Å². The van der Waals surface area contributed by atoms with E-state index in [2.05, 4.69) is 19.8 Å². The number of aromatic amines is 1. The fourth-order valence-corrected chi connectivity index (χ4v) is 1.72. The van der Waals surface area contributed by atoms with E-state index in [9.17, 15) is 4.79 Å². The summed E-state index contributed by atoms with van der Waals surface area (Å²) in [6.07, 6.45) is 0. The standard InChI is InChI=1S/C10H12N4O2S/c1-10(2,3)16-9(15)8-7(11-14-12-8)6-4-5-17-13-6/h4-5H,1-3H3,(H,11,12,14). The molecule has 0 atom stereocenters. The highest BCUT2D eigenvalue weighted by Gasteiger charge is 2.24. The van der Waals surface area contributed by atoms with Gasteiger partial charge in [0, 0.05) is 5.38 Å². The second-order valence-corrected chi connectivity index (χ2v) is 5.07. The fourth-order valence-electron chi connectivity index (χ4n) is 1.21. The topological polar surface area (TPSA) is 80.8 Å². The van der Waals surface area contributed by atoms with Crippen molar-refractivity contribution in [2.45, 2.75) is 26.4 Å². The molecule has 1 N–H and O–H groups in total. The van der Waals surface area contributed by atoms with Gasteiger partial charge in [-0.15, -0.1) is 5.10 Å². The summed E-state index contributed by atoms with van der Waals surface area (Å²) < 4.78 is 9.34. The third-order valence-electron chi connectivity index (χ3n) is 1.82. The van der Waals surface area contributed by atoms with Crippen LogP contribution >= 0.6 is 11.5 Å². The molecule has 6 nitrogen and oxygen atoms in total. The molecule has 90 valence electrons. The Hall–Kier alpha value is -1.76. The van der Waals surface area contributed by atoms with E-state index in [1.807, 2.05) is 5.38 Å². The van der Waals surface area contributed by atoms with Crippen LogP contribution in [0, 0.1) is 0 Å². The first-order valence-corrected chi connectivity index (χ1v) is 5.86. The van der Waals surface area contributed by atoms with Gasteiger partial charge in [-0.1, -0.05) is 0 Å². The molecule has 2 aromatic rings. The zero-order chi connectivity index (χ0) is 12.5. The minimum absolute atomic E-state index is 0.158. The minimum atomic E-state index is -0.560. The summed E-state index contributed by atoms with van der Waals surface area (Å²) in [5, 5.41) is 12.0. The SMILES string of the molecule is CC(C)(C)OC(=O)c1n[nH]nc1-c1ccsn1. The highest BCUT2D eigenvalue weighted by molar-refractivity contribution is 7.03. The highest BCUT2D eigenvalue weighted by Crippen LogP contribution is 2.21. The number of esters is 1. The molecule has 0 fully saturated rings. The van der Waals surface area contributed by atoms with Crippen molar-refractivity contribution < 1.29 is 9.53 Å². The van der Waals surface area contributed by atoms with Crippen LogP contribution in [-0.2, 0) is 4.74 Å². The van der Waals surface area contributed by atoms with E-state index < -0.39 is 11.6 Å². The number of carbonyl (C=O) groups is 1. The molecular formula is C10H12N4O2S. The molecule has 0 bridgehead atoms. The van der Waals surface area contributed by atoms with Gasteiger partial charge in [0.1, 0.15) is 17.0 Å². The molecule has 2 heterocycles. The van der Waals surface area contributed by atoms with Crippen molar-refractivity contribution in [3.63, 3.8) is 0 Å². The summed E-state index contributed by atoms with van der Waals surface area (Å²) in [5.74, 6) is -0.505. The lowest BCUT2D eigenvalue weighted by atomic mass is 10.2. The van der Waals surface area contributed by atoms with Crippen LogP contribution in [0.4, 0.5) is 0 Å². The molecule has 0 saturated carbocycles. The summed E-state index contributed by atoms with van der Waals surface area (Å²) in [7, 11) is 0. The molecule has 0 aromatic carbocycles. The van der Waals surface area contributed by atoms with E-state index in [4.69, 9.17) is 4.74 Å². The van der Waals surface area contributed by atoms with Crippen LogP contribution in [0.1, 0.15) is 31.3 Å². The number of nitrogens with one attached hydrogen (secondary N) is 1. The van der Waals surface area contributed by atoms with E-state index in [1.165, 1.54) is 11.5 Å². The molecule has 0 aliphatic heterocycles. The lowest BCUT2D eigenvalue weighted by Gasteiger charge is -2.18. The maximum Gasteiger partial charge on any atom is 0.361 e. The Morgan fingerprint density at radius 2 is 2.18 bits per heavy atom. The average Bonchev–Trinajstić information content (AvgIpc) is 2.85. The first kappa shape index (κ1) is 11.7. The van der Waals surface area contributed by atoms with Crippen molar-refractivity contribution in [3.8, 4) is 11.4 Å². The Morgan fingerprint density at radius 1 is 1.41 bits per heavy atom. The second-order valence-electron chi connectivity index (χ2n) is 4.41. The summed E-state index contributed by atoms with van der Waals surface area (Å²) in [4.78, 5) is 11.9. The van der Waals surface area contributed by atoms with Gasteiger partial charge in [0.25, 0.3) is 0 Å². The summed E-state index contributed by atoms with van der Waals surface area (Å²) in [5.41, 5.74) is 0.631. The van der Waals surface area contributed by atoms with Crippen LogP contribution in [0.3, 0.4) is 0 Å². The molecule has 7 heteroatoms. The summed E-state index contributed by atoms with van der Waals surface area (Å²) in [6.45, 7) is 5.40. The van der Waals surface area contributed by atoms with E-state index >= 15 is 0 Å². The zero-order valence-corrected chi connectivity index (χ0v) is 10.5. The van der Waals surface area contributed by atoms with E-state index in [1.54, 1.807) is 26.8 Å². The third kappa shape index (κ3) is 2.68. The maximum absolute atomic E-state index is 11.9. The van der Waals surface area contributed by atoms with Gasteiger partial charge in [-0.3, -0.25) is 0 Å². The quantitative estimate of drug-likeness (QED) is 0.825. The van der Waals surface area contributed by atoms with Gasteiger partial charge in [-0.2, -0.15) is 14.7 Å². The number of hydrogen-bond acceptors (Lipinski definition) is 6. The predicted molar refractivity (Wildman–Crippen MR) is 62.7 cm³/mol. The number of carbonyl (C=O) groups excluding carboxylic acids is 1. The van der Waals surface area contributed by atoms with Crippen LogP contribution < -0.4 is 0 Å². The second kappa shape index (κ2) is 4.25. The van der Waals surface area contributed by atoms with Crippen LogP contribution in [0.5, 0.6) is 0 Å². The number of rotatable bonds is 2. The molecule has 0 amide bonds. The van der Waals surface area contributed by atoms with Gasteiger partial charge in [-0.05, 0) is 38.4 Å². The molecule has 2 aromatic heterocycles. The van der Waals surface area contributed by atoms with Crippen LogP contribution in [0.2, 0.25) is 0 Å². The van der Waals surface area contributed by atoms with Crippen molar-refractivity contribution in [2.75, 3.05) is 0 Å². The maximum atomic E-state index is 11.9. The lowest BCUT2D eigenvalue weighted by Crippen LogP contribution is -2.24. The highest BCUT2D eigenvalue weighted by atomic mass is 32.1. The average molecular weight is 252 g/mol. The van der Waals surface area contributed by atoms with Gasteiger partial charge >= 0.3 is 5.97 Å². The van der Waals surface area contributed by atoms with Gasteiger partial charge in [0.15, 0.2) is 5.69 Å². The molecule has 2 rings (SSSR count). The van der Waals surface area contributed by atoms with Crippen molar-refractivity contribution in [1.82, 2.24) is 19.8 Å². The number of aromatic nitrogens is 4. The Balaban J connectivity index is 2.29. The monoisotopic (exact) mass is 252 g/mol. The fraction of sp³-hybridized carbons (Fsp3) is 0.400. The van der Waals surface area contributed by atoms with E-state index in [0.717, 1.165) is 0 Å². The molecule has 0 unspecified atom stereocenters. The van der Waals surface area contributed by atoms with Crippen LogP contribution in [-0.4, -0.2) is 31.4 Å². The normalized spacial score (nSPS) is 11.5. The minimum Gasteiger partial charge on any atom is -0.455 e. The lowest BCUT2D eigenvalue weighted by molar-refractivity contribution is 0.00637. The number of H-pyrrole nitrogens is 1. The summed E-state index contributed by atoms with van der Waals surface area (Å²) in [6, 6.07) is 1.77. The molecular weight excluding hydrogens is 240 g/mol. The first-order chi connectivity index (χ1) is 7.97. The van der Waals surface area contributed by atoms with Gasteiger partial charge in [0.05, 0.1) is 0 Å². The van der Waals surface area contributed by atoms with Crippen molar-refractivity contribution >= 4 is 17.5 Å². The van der Waals surface area contributed by atoms with Crippen molar-refractivity contribution in [1.29, 1.82) is 0 Å². The van der Waals surface area contributed by atoms with Gasteiger partial charge in [0.2, 0.25) is 0 Å². The third-order valence-corrected chi connectivity index (χ3v) is 2.38. The Kier molecular flexibility index (Phi) is 2.93. The number of hydrogen-bond donors (Lipinski definition) is 1. The first-order valence-electron chi connectivity index (χ1n) is 5.02. The Labute approximate surface area is 102 Å². The van der Waals surface area contributed by atoms with Crippen LogP contribution in [0.15, 0.2) is 11.4 Å². The summed E-state index contributed by atoms with van der Waals surface area (Å²) >= 11 is 1.29. The molecule has 17 heavy (non-hydrogen) atoms. The molecule has 0 aliphatic carbocycles. The largest absolute Gasteiger partial charge is 0.455 e. The smallest absolute Gasteiger partial charge is 0.361 e. The van der Waals surface area contributed by atoms with Gasteiger partial charge < -0.3 is 4.74 Å². The number of nitrogens with zero attached hydrogens (tertiary/aromatic N) is 3. The van der Waals surface area contributed by atoms with Crippen molar-refractivity contribution in [2.24, 2.45) is 0 Å². The van der Waals surface area contributed by atoms with E-state index in [-0.39, 0.29) is 5.69 Å². The van der Waals surface area contributed by atoms with Gasteiger partial charge in [-0.25, -0.2) is 4.79 Å². The number of ether oxygens (including phenoxy) is 1. The molecule has 0 saturated heterocycles.